The van der Waals surface area contributed by atoms with Crippen molar-refractivity contribution in [1.82, 2.24) is 0 Å². The molecule has 30 heavy (non-hydrogen) atoms. The Bertz CT molecular complexity index is 1160. The molecule has 0 radical (unpaired) electrons. The molecule has 0 N–H and O–H groups in total. The van der Waals surface area contributed by atoms with Gasteiger partial charge in [-0.3, -0.25) is 19.7 Å². The van der Waals surface area contributed by atoms with Crippen LogP contribution in [0.1, 0.15) is 30.4 Å². The first-order valence-corrected chi connectivity index (χ1v) is 9.71. The summed E-state index contributed by atoms with van der Waals surface area (Å²) in [6.07, 6.45) is 0.113. The molecule has 1 aliphatic rings. The van der Waals surface area contributed by atoms with Gasteiger partial charge in [0.15, 0.2) is 0 Å². The van der Waals surface area contributed by atoms with Crippen LogP contribution in [0.2, 0.25) is 0 Å². The monoisotopic (exact) mass is 404 g/mol. The van der Waals surface area contributed by atoms with Gasteiger partial charge in [0.2, 0.25) is 5.91 Å². The molecule has 1 unspecified atom stereocenters. The Morgan fingerprint density at radius 2 is 1.97 bits per heavy atom. The largest absolute Gasteiger partial charge is 0.465 e. The number of ether oxygens (including phenoxy) is 1. The van der Waals surface area contributed by atoms with E-state index in [1.54, 1.807) is 19.1 Å². The fourth-order valence-electron chi connectivity index (χ4n) is 4.06. The molecule has 0 bridgehead atoms. The van der Waals surface area contributed by atoms with Crippen LogP contribution in [0.3, 0.4) is 0 Å². The van der Waals surface area contributed by atoms with Gasteiger partial charge in [-0.1, -0.05) is 42.5 Å². The Hall–Kier alpha value is -3.74. The number of non-ortho nitro benzene ring substituents is 1. The molecule has 1 amide bonds. The Balaban J connectivity index is 1.89. The Morgan fingerprint density at radius 1 is 1.17 bits per heavy atom. The Morgan fingerprint density at radius 3 is 2.73 bits per heavy atom. The summed E-state index contributed by atoms with van der Waals surface area (Å²) in [6, 6.07) is 17.9. The molecule has 7 heteroatoms. The molecule has 152 valence electrons. The maximum absolute atomic E-state index is 13.0. The summed E-state index contributed by atoms with van der Waals surface area (Å²) in [7, 11) is 0. The number of esters is 1. The molecule has 0 spiro atoms. The highest BCUT2D eigenvalue weighted by atomic mass is 16.6. The topological polar surface area (TPSA) is 89.8 Å². The van der Waals surface area contributed by atoms with Crippen molar-refractivity contribution in [3.63, 3.8) is 0 Å². The zero-order valence-corrected chi connectivity index (χ0v) is 16.4. The van der Waals surface area contributed by atoms with Crippen LogP contribution in [-0.4, -0.2) is 30.0 Å². The molecule has 1 aliphatic heterocycles. The number of anilines is 1. The summed E-state index contributed by atoms with van der Waals surface area (Å²) in [4.78, 5) is 37.4. The standard InChI is InChI=1S/C23H20N2O5/c1-2-30-22(27)14-24-20-11-10-15-6-3-4-9-18(15)23(20)19(13-21(24)26)16-7-5-8-17(12-16)25(28)29/h3-12,19H,2,13-14H2,1H3. The van der Waals surface area contributed by atoms with Crippen molar-refractivity contribution in [1.29, 1.82) is 0 Å². The zero-order valence-electron chi connectivity index (χ0n) is 16.4. The van der Waals surface area contributed by atoms with Gasteiger partial charge in [0, 0.05) is 30.2 Å². The van der Waals surface area contributed by atoms with Gasteiger partial charge in [0.1, 0.15) is 6.54 Å². The van der Waals surface area contributed by atoms with E-state index in [2.05, 4.69) is 0 Å². The van der Waals surface area contributed by atoms with E-state index < -0.39 is 10.9 Å². The number of hydrogen-bond donors (Lipinski definition) is 0. The molecule has 0 saturated heterocycles. The number of hydrogen-bond acceptors (Lipinski definition) is 5. The fourth-order valence-corrected chi connectivity index (χ4v) is 4.06. The lowest BCUT2D eigenvalue weighted by atomic mass is 9.81. The lowest BCUT2D eigenvalue weighted by Gasteiger charge is -2.34. The van der Waals surface area contributed by atoms with Crippen molar-refractivity contribution in [3.05, 3.63) is 81.9 Å². The first kappa shape index (κ1) is 19.6. The average molecular weight is 404 g/mol. The second-order valence-corrected chi connectivity index (χ2v) is 7.11. The highest BCUT2D eigenvalue weighted by Crippen LogP contribution is 2.44. The highest BCUT2D eigenvalue weighted by Gasteiger charge is 2.35. The maximum atomic E-state index is 13.0. The molecule has 0 fully saturated rings. The minimum absolute atomic E-state index is 0.0179. The summed E-state index contributed by atoms with van der Waals surface area (Å²) in [5.41, 5.74) is 2.20. The van der Waals surface area contributed by atoms with E-state index in [0.29, 0.717) is 11.3 Å². The van der Waals surface area contributed by atoms with Gasteiger partial charge in [0.05, 0.1) is 11.5 Å². The Labute approximate surface area is 173 Å². The van der Waals surface area contributed by atoms with Crippen molar-refractivity contribution in [2.24, 2.45) is 0 Å². The van der Waals surface area contributed by atoms with Crippen LogP contribution in [0.15, 0.2) is 60.7 Å². The van der Waals surface area contributed by atoms with Gasteiger partial charge in [-0.15, -0.1) is 0 Å². The van der Waals surface area contributed by atoms with E-state index in [9.17, 15) is 19.7 Å². The lowest BCUT2D eigenvalue weighted by molar-refractivity contribution is -0.384. The summed E-state index contributed by atoms with van der Waals surface area (Å²) >= 11 is 0. The van der Waals surface area contributed by atoms with E-state index in [0.717, 1.165) is 16.3 Å². The molecule has 4 rings (SSSR count). The van der Waals surface area contributed by atoms with E-state index in [-0.39, 0.29) is 37.1 Å². The van der Waals surface area contributed by atoms with E-state index in [4.69, 9.17) is 4.74 Å². The molecule has 3 aromatic carbocycles. The normalized spacial score (nSPS) is 15.7. The minimum atomic E-state index is -0.473. The zero-order chi connectivity index (χ0) is 21.3. The van der Waals surface area contributed by atoms with Crippen LogP contribution < -0.4 is 4.90 Å². The maximum Gasteiger partial charge on any atom is 0.326 e. The quantitative estimate of drug-likeness (QED) is 0.361. The van der Waals surface area contributed by atoms with Gasteiger partial charge in [-0.2, -0.15) is 0 Å². The van der Waals surface area contributed by atoms with Crippen LogP contribution in [-0.2, 0) is 14.3 Å². The molecule has 1 atom stereocenters. The summed E-state index contributed by atoms with van der Waals surface area (Å²) in [5.74, 6) is -1.04. The number of fused-ring (bicyclic) bond motifs is 3. The number of nitro groups is 1. The molecular weight excluding hydrogens is 384 g/mol. The van der Waals surface area contributed by atoms with Gasteiger partial charge in [0.25, 0.3) is 5.69 Å². The van der Waals surface area contributed by atoms with Gasteiger partial charge in [-0.25, -0.2) is 0 Å². The molecule has 0 saturated carbocycles. The van der Waals surface area contributed by atoms with Crippen molar-refractivity contribution in [3.8, 4) is 0 Å². The number of nitrogens with zero attached hydrogens (tertiary/aromatic N) is 2. The molecule has 0 aliphatic carbocycles. The third-order valence-corrected chi connectivity index (χ3v) is 5.34. The number of benzene rings is 3. The predicted molar refractivity (Wildman–Crippen MR) is 112 cm³/mol. The number of amides is 1. The van der Waals surface area contributed by atoms with Crippen molar-refractivity contribution >= 4 is 34.0 Å². The average Bonchev–Trinajstić information content (AvgIpc) is 2.75. The van der Waals surface area contributed by atoms with E-state index in [1.165, 1.54) is 17.0 Å². The first-order chi connectivity index (χ1) is 14.5. The minimum Gasteiger partial charge on any atom is -0.465 e. The third kappa shape index (κ3) is 3.50. The lowest BCUT2D eigenvalue weighted by Crippen LogP contribution is -2.41. The van der Waals surface area contributed by atoms with Gasteiger partial charge in [-0.05, 0) is 34.9 Å². The molecule has 3 aromatic rings. The van der Waals surface area contributed by atoms with Crippen LogP contribution in [0, 0.1) is 10.1 Å². The number of nitro benzene ring substituents is 1. The SMILES string of the molecule is CCOC(=O)CN1C(=O)CC(c2cccc([N+](=O)[O-])c2)c2c1ccc1ccccc21. The van der Waals surface area contributed by atoms with Crippen molar-refractivity contribution in [2.45, 2.75) is 19.3 Å². The summed E-state index contributed by atoms with van der Waals surface area (Å²) < 4.78 is 5.04. The summed E-state index contributed by atoms with van der Waals surface area (Å²) in [5, 5.41) is 13.2. The van der Waals surface area contributed by atoms with Crippen LogP contribution in [0.25, 0.3) is 10.8 Å². The number of carbonyl (C=O) groups excluding carboxylic acids is 2. The van der Waals surface area contributed by atoms with E-state index in [1.807, 2.05) is 36.4 Å². The number of rotatable bonds is 5. The molecule has 1 heterocycles. The molecule has 7 nitrogen and oxygen atoms in total. The molecular formula is C23H20N2O5. The Kier molecular flexibility index (Phi) is 5.18. The molecule has 0 aromatic heterocycles. The van der Waals surface area contributed by atoms with Crippen LogP contribution in [0.5, 0.6) is 0 Å². The highest BCUT2D eigenvalue weighted by molar-refractivity contribution is 6.05. The third-order valence-electron chi connectivity index (χ3n) is 5.34. The van der Waals surface area contributed by atoms with Gasteiger partial charge < -0.3 is 9.64 Å². The van der Waals surface area contributed by atoms with Crippen molar-refractivity contribution in [2.75, 3.05) is 18.1 Å². The first-order valence-electron chi connectivity index (χ1n) is 9.71. The summed E-state index contributed by atoms with van der Waals surface area (Å²) in [6.45, 7) is 1.79. The van der Waals surface area contributed by atoms with Gasteiger partial charge >= 0.3 is 5.97 Å². The van der Waals surface area contributed by atoms with E-state index >= 15 is 0 Å². The predicted octanol–water partition coefficient (Wildman–Crippen LogP) is 4.18. The smallest absolute Gasteiger partial charge is 0.326 e. The number of carbonyl (C=O) groups is 2. The van der Waals surface area contributed by atoms with Crippen LogP contribution in [0.4, 0.5) is 11.4 Å². The second-order valence-electron chi connectivity index (χ2n) is 7.11. The van der Waals surface area contributed by atoms with Crippen molar-refractivity contribution < 1.29 is 19.2 Å². The second kappa shape index (κ2) is 7.94. The van der Waals surface area contributed by atoms with Crippen LogP contribution >= 0.6 is 0 Å². The fraction of sp³-hybridized carbons (Fsp3) is 0.217.